The van der Waals surface area contributed by atoms with Gasteiger partial charge in [-0.1, -0.05) is 217 Å². The molecule has 1 spiro atoms. The zero-order valence-electron chi connectivity index (χ0n) is 32.7. The van der Waals surface area contributed by atoms with Crippen molar-refractivity contribution in [2.45, 2.75) is 19.3 Å². The molecule has 2 N–H and O–H groups in total. The van der Waals surface area contributed by atoms with Gasteiger partial charge in [-0.3, -0.25) is 0 Å². The van der Waals surface area contributed by atoms with E-state index < -0.39 is 0 Å². The van der Waals surface area contributed by atoms with Crippen molar-refractivity contribution in [1.29, 1.82) is 0 Å². The van der Waals surface area contributed by atoms with Crippen LogP contribution in [0.2, 0.25) is 0 Å². The van der Waals surface area contributed by atoms with E-state index in [0.29, 0.717) is 0 Å². The number of hydrogen-bond donors (Lipinski definition) is 1. The minimum Gasteiger partial charge on any atom is -0.333 e. The third-order valence-corrected chi connectivity index (χ3v) is 11.7. The molecule has 0 fully saturated rings. The van der Waals surface area contributed by atoms with Crippen molar-refractivity contribution < 1.29 is 0 Å². The van der Waals surface area contributed by atoms with Crippen molar-refractivity contribution in [3.8, 4) is 55.6 Å². The highest BCUT2D eigenvalue weighted by Gasteiger charge is 2.52. The lowest BCUT2D eigenvalue weighted by Gasteiger charge is -2.30. The first kappa shape index (κ1) is 35.9. The molecule has 0 atom stereocenters. The molecule has 0 heterocycles. The number of hydrogen-bond acceptors (Lipinski definition) is 1. The summed E-state index contributed by atoms with van der Waals surface area (Å²) in [7, 11) is 1.50. The molecule has 0 bridgehead atoms. The SMILES string of the molecule is CN.Cc1ccc(-c2ccccc2)cc1.Cc1cccc(-c2c(-c3cccc4c3-c3ccccc3C43c4ccccc4-c4ccccc43)ccc3ccccc23)c1. The number of rotatable bonds is 3. The molecule has 0 amide bonds. The van der Waals surface area contributed by atoms with Gasteiger partial charge >= 0.3 is 0 Å². The molecule has 1 nitrogen and oxygen atoms in total. The average molecular weight is 732 g/mol. The molecule has 0 saturated carbocycles. The highest BCUT2D eigenvalue weighted by molar-refractivity contribution is 6.08. The van der Waals surface area contributed by atoms with Crippen LogP contribution >= 0.6 is 0 Å². The Morgan fingerprint density at radius 3 is 1.49 bits per heavy atom. The van der Waals surface area contributed by atoms with Gasteiger partial charge in [0, 0.05) is 0 Å². The van der Waals surface area contributed by atoms with Gasteiger partial charge in [-0.2, -0.15) is 0 Å². The molecule has 9 aromatic carbocycles. The molecule has 9 aromatic rings. The van der Waals surface area contributed by atoms with Gasteiger partial charge in [0.15, 0.2) is 0 Å². The first-order valence-corrected chi connectivity index (χ1v) is 19.8. The molecule has 0 aromatic heterocycles. The summed E-state index contributed by atoms with van der Waals surface area (Å²) in [6, 6.07) is 75.6. The quantitative estimate of drug-likeness (QED) is 0.192. The Morgan fingerprint density at radius 2 is 0.807 bits per heavy atom. The van der Waals surface area contributed by atoms with Gasteiger partial charge < -0.3 is 5.73 Å². The number of aryl methyl sites for hydroxylation is 2. The topological polar surface area (TPSA) is 26.0 Å². The Hall–Kier alpha value is -6.80. The van der Waals surface area contributed by atoms with Gasteiger partial charge in [0.25, 0.3) is 0 Å². The van der Waals surface area contributed by atoms with E-state index in [9.17, 15) is 0 Å². The minimum absolute atomic E-state index is 0.338. The maximum atomic E-state index is 4.50. The van der Waals surface area contributed by atoms with Gasteiger partial charge in [-0.05, 0) is 110 Å². The molecule has 0 radical (unpaired) electrons. The van der Waals surface area contributed by atoms with E-state index >= 15 is 0 Å². The Bertz CT molecular complexity index is 2840. The summed E-state index contributed by atoms with van der Waals surface area (Å²) in [4.78, 5) is 0. The van der Waals surface area contributed by atoms with Crippen LogP contribution in [-0.4, -0.2) is 7.05 Å². The zero-order chi connectivity index (χ0) is 38.9. The third kappa shape index (κ3) is 5.91. The smallest absolute Gasteiger partial charge is 0.0725 e. The average Bonchev–Trinajstić information content (AvgIpc) is 3.75. The van der Waals surface area contributed by atoms with Crippen LogP contribution in [0.3, 0.4) is 0 Å². The van der Waals surface area contributed by atoms with E-state index in [-0.39, 0.29) is 5.41 Å². The second-order valence-electron chi connectivity index (χ2n) is 14.9. The molecule has 0 saturated heterocycles. The summed E-state index contributed by atoms with van der Waals surface area (Å²) in [6.45, 7) is 4.29. The lowest BCUT2D eigenvalue weighted by Crippen LogP contribution is -2.25. The van der Waals surface area contributed by atoms with Gasteiger partial charge in [0.2, 0.25) is 0 Å². The standard InChI is InChI=1S/C42H28.C13H12.CH5N/c1-27-12-10-14-29(26-27)40-30-15-3-2-13-28(30)24-25-34(40)33-19-11-23-39-41(33)35-18-6-9-22-38(35)42(39)36-20-7-4-16-31(36)32-17-5-8-21-37(32)42;1-11-7-9-13(10-8-11)12-5-3-2-4-6-12;1-2/h2-26H,1H3;2-10H,1H3;2H2,1H3. The second-order valence-corrected chi connectivity index (χ2v) is 14.9. The van der Waals surface area contributed by atoms with Crippen molar-refractivity contribution in [2.24, 2.45) is 5.73 Å². The van der Waals surface area contributed by atoms with Crippen LogP contribution in [0, 0.1) is 13.8 Å². The Balaban J connectivity index is 0.000000239. The van der Waals surface area contributed by atoms with Crippen LogP contribution < -0.4 is 5.73 Å². The van der Waals surface area contributed by atoms with Crippen LogP contribution in [0.15, 0.2) is 206 Å². The fourth-order valence-corrected chi connectivity index (χ4v) is 9.35. The minimum atomic E-state index is -0.338. The fourth-order valence-electron chi connectivity index (χ4n) is 9.35. The van der Waals surface area contributed by atoms with Crippen molar-refractivity contribution in [3.63, 3.8) is 0 Å². The summed E-state index contributed by atoms with van der Waals surface area (Å²) < 4.78 is 0. The Labute approximate surface area is 336 Å². The lowest BCUT2D eigenvalue weighted by atomic mass is 9.70. The molecule has 274 valence electrons. The van der Waals surface area contributed by atoms with Crippen molar-refractivity contribution >= 4 is 10.8 Å². The molecule has 0 aliphatic heterocycles. The van der Waals surface area contributed by atoms with E-state index in [0.717, 1.165) is 0 Å². The molecular formula is C56H45N. The van der Waals surface area contributed by atoms with Gasteiger partial charge in [0.05, 0.1) is 5.41 Å². The zero-order valence-corrected chi connectivity index (χ0v) is 32.7. The van der Waals surface area contributed by atoms with E-state index in [1.807, 2.05) is 6.07 Å². The van der Waals surface area contributed by atoms with E-state index in [2.05, 4.69) is 220 Å². The van der Waals surface area contributed by atoms with Crippen LogP contribution in [0.4, 0.5) is 0 Å². The van der Waals surface area contributed by atoms with Gasteiger partial charge in [0.1, 0.15) is 0 Å². The predicted octanol–water partition coefficient (Wildman–Crippen LogP) is 14.1. The molecule has 2 aliphatic rings. The first-order valence-electron chi connectivity index (χ1n) is 19.8. The highest BCUT2D eigenvalue weighted by atomic mass is 14.5. The number of fused-ring (bicyclic) bond motifs is 11. The van der Waals surface area contributed by atoms with Crippen molar-refractivity contribution in [1.82, 2.24) is 0 Å². The molecule has 0 unspecified atom stereocenters. The van der Waals surface area contributed by atoms with Crippen LogP contribution in [-0.2, 0) is 5.41 Å². The van der Waals surface area contributed by atoms with E-state index in [4.69, 9.17) is 0 Å². The predicted molar refractivity (Wildman–Crippen MR) is 243 cm³/mol. The Kier molecular flexibility index (Phi) is 9.46. The fraction of sp³-hybridized carbons (Fsp3) is 0.0714. The maximum absolute atomic E-state index is 4.50. The van der Waals surface area contributed by atoms with Gasteiger partial charge in [-0.25, -0.2) is 0 Å². The molecule has 57 heavy (non-hydrogen) atoms. The maximum Gasteiger partial charge on any atom is 0.0725 e. The summed E-state index contributed by atoms with van der Waals surface area (Å²) in [5.41, 5.74) is 25.3. The van der Waals surface area contributed by atoms with Crippen LogP contribution in [0.25, 0.3) is 66.4 Å². The van der Waals surface area contributed by atoms with Crippen molar-refractivity contribution in [3.05, 3.63) is 240 Å². The number of nitrogens with two attached hydrogens (primary N) is 1. The van der Waals surface area contributed by atoms with Crippen LogP contribution in [0.5, 0.6) is 0 Å². The monoisotopic (exact) mass is 731 g/mol. The highest BCUT2D eigenvalue weighted by Crippen LogP contribution is 2.64. The summed E-state index contributed by atoms with van der Waals surface area (Å²) >= 11 is 0. The largest absolute Gasteiger partial charge is 0.333 e. The first-order chi connectivity index (χ1) is 28.1. The van der Waals surface area contributed by atoms with Crippen molar-refractivity contribution in [2.75, 3.05) is 7.05 Å². The van der Waals surface area contributed by atoms with E-state index in [1.54, 1.807) is 0 Å². The van der Waals surface area contributed by atoms with Crippen LogP contribution in [0.1, 0.15) is 33.4 Å². The molecular weight excluding hydrogens is 687 g/mol. The molecule has 1 heteroatoms. The second kappa shape index (κ2) is 15.0. The summed E-state index contributed by atoms with van der Waals surface area (Å²) in [5.74, 6) is 0. The Morgan fingerprint density at radius 1 is 0.316 bits per heavy atom. The normalized spacial score (nSPS) is 12.4. The number of benzene rings is 9. The summed E-state index contributed by atoms with van der Waals surface area (Å²) in [5, 5.41) is 2.55. The summed E-state index contributed by atoms with van der Waals surface area (Å²) in [6.07, 6.45) is 0. The molecule has 2 aliphatic carbocycles. The lowest BCUT2D eigenvalue weighted by molar-refractivity contribution is 0.794. The molecule has 11 rings (SSSR count). The van der Waals surface area contributed by atoms with Gasteiger partial charge in [-0.15, -0.1) is 0 Å². The third-order valence-electron chi connectivity index (χ3n) is 11.7. The van der Waals surface area contributed by atoms with E-state index in [1.165, 1.54) is 107 Å².